The highest BCUT2D eigenvalue weighted by atomic mass is 16.5. The Morgan fingerprint density at radius 3 is 2.81 bits per heavy atom. The number of rotatable bonds is 6. The molecule has 0 spiro atoms. The molecule has 0 bridgehead atoms. The number of carbonyl (C=O) groups is 1. The molecule has 1 aromatic carbocycles. The van der Waals surface area contributed by atoms with E-state index in [9.17, 15) is 9.59 Å². The van der Waals surface area contributed by atoms with Gasteiger partial charge in [-0.3, -0.25) is 14.2 Å². The first-order valence-corrected chi connectivity index (χ1v) is 6.58. The molecule has 2 aromatic rings. The van der Waals surface area contributed by atoms with Crippen LogP contribution in [0.5, 0.6) is 0 Å². The molecule has 6 heteroatoms. The van der Waals surface area contributed by atoms with Crippen molar-refractivity contribution in [1.29, 1.82) is 0 Å². The summed E-state index contributed by atoms with van der Waals surface area (Å²) in [6.07, 6.45) is 1.76. The third-order valence-electron chi connectivity index (χ3n) is 3.33. The summed E-state index contributed by atoms with van der Waals surface area (Å²) in [5.74, 6) is -0.829. The number of ether oxygens (including phenoxy) is 1. The number of hydrogen-bond donors (Lipinski definition) is 1. The summed E-state index contributed by atoms with van der Waals surface area (Å²) >= 11 is 0. The summed E-state index contributed by atoms with van der Waals surface area (Å²) in [6, 6.07) is 7.32. The molecule has 0 aliphatic heterocycles. The lowest BCUT2D eigenvalue weighted by molar-refractivity contribution is -0.136. The summed E-state index contributed by atoms with van der Waals surface area (Å²) < 4.78 is 6.47. The molecular weight excluding hydrogens is 272 g/mol. The topological polar surface area (TPSA) is 71.8 Å². The monoisotopic (exact) mass is 290 g/mol. The fourth-order valence-corrected chi connectivity index (χ4v) is 2.15. The van der Waals surface area contributed by atoms with Crippen molar-refractivity contribution >= 4 is 22.4 Å². The number of methoxy groups -OCH3 is 1. The average Bonchev–Trinajstić information content (AvgIpc) is 2.47. The minimum absolute atomic E-state index is 0.0734. The van der Waals surface area contributed by atoms with Gasteiger partial charge in [0.05, 0.1) is 6.42 Å². The van der Waals surface area contributed by atoms with Crippen molar-refractivity contribution in [1.82, 2.24) is 4.57 Å². The van der Waals surface area contributed by atoms with Crippen molar-refractivity contribution in [2.75, 3.05) is 25.6 Å². The summed E-state index contributed by atoms with van der Waals surface area (Å²) in [5.41, 5.74) is 0.779. The van der Waals surface area contributed by atoms with Crippen LogP contribution in [0, 0.1) is 0 Å². The van der Waals surface area contributed by atoms with Gasteiger partial charge in [-0.2, -0.15) is 0 Å². The molecule has 0 saturated heterocycles. The lowest BCUT2D eigenvalue weighted by Crippen LogP contribution is -2.22. The quantitative estimate of drug-likeness (QED) is 0.873. The van der Waals surface area contributed by atoms with E-state index < -0.39 is 5.97 Å². The minimum Gasteiger partial charge on any atom is -0.481 e. The van der Waals surface area contributed by atoms with Gasteiger partial charge in [-0.05, 0) is 29.7 Å². The van der Waals surface area contributed by atoms with Gasteiger partial charge in [-0.1, -0.05) is 0 Å². The summed E-state index contributed by atoms with van der Waals surface area (Å²) in [5, 5.41) is 10.2. The predicted molar refractivity (Wildman–Crippen MR) is 80.7 cm³/mol. The normalized spacial score (nSPS) is 10.8. The van der Waals surface area contributed by atoms with E-state index in [0.29, 0.717) is 11.9 Å². The number of hydrogen-bond acceptors (Lipinski definition) is 4. The van der Waals surface area contributed by atoms with Gasteiger partial charge in [0.1, 0.15) is 6.73 Å². The zero-order valence-corrected chi connectivity index (χ0v) is 12.1. The SMILES string of the molecule is COCn1ccc2cc(N(C)CCC(=O)O)ccc2c1=O. The van der Waals surface area contributed by atoms with E-state index in [2.05, 4.69) is 0 Å². The van der Waals surface area contributed by atoms with Crippen molar-refractivity contribution in [3.63, 3.8) is 0 Å². The third kappa shape index (κ3) is 3.41. The number of aliphatic carboxylic acids is 1. The second kappa shape index (κ2) is 6.41. The number of carboxylic acids is 1. The maximum Gasteiger partial charge on any atom is 0.305 e. The van der Waals surface area contributed by atoms with Crippen molar-refractivity contribution in [2.24, 2.45) is 0 Å². The van der Waals surface area contributed by atoms with Gasteiger partial charge in [0.15, 0.2) is 0 Å². The van der Waals surface area contributed by atoms with Crippen LogP contribution >= 0.6 is 0 Å². The minimum atomic E-state index is -0.829. The molecule has 0 saturated carbocycles. The first-order chi connectivity index (χ1) is 10.0. The average molecular weight is 290 g/mol. The Balaban J connectivity index is 2.32. The van der Waals surface area contributed by atoms with Crippen molar-refractivity contribution in [3.05, 3.63) is 40.8 Å². The Labute approximate surface area is 122 Å². The zero-order valence-electron chi connectivity index (χ0n) is 12.1. The van der Waals surface area contributed by atoms with E-state index in [4.69, 9.17) is 9.84 Å². The van der Waals surface area contributed by atoms with Gasteiger partial charge in [-0.25, -0.2) is 0 Å². The smallest absolute Gasteiger partial charge is 0.305 e. The van der Waals surface area contributed by atoms with Crippen molar-refractivity contribution < 1.29 is 14.6 Å². The molecule has 0 fully saturated rings. The van der Waals surface area contributed by atoms with Crippen LogP contribution in [0.3, 0.4) is 0 Å². The van der Waals surface area contributed by atoms with E-state index in [0.717, 1.165) is 11.1 Å². The van der Waals surface area contributed by atoms with E-state index >= 15 is 0 Å². The van der Waals surface area contributed by atoms with E-state index in [1.165, 1.54) is 11.7 Å². The van der Waals surface area contributed by atoms with Gasteiger partial charge in [-0.15, -0.1) is 0 Å². The van der Waals surface area contributed by atoms with Gasteiger partial charge in [0, 0.05) is 38.0 Å². The lowest BCUT2D eigenvalue weighted by atomic mass is 10.1. The number of benzene rings is 1. The molecule has 21 heavy (non-hydrogen) atoms. The molecule has 0 amide bonds. The maximum absolute atomic E-state index is 12.2. The standard InChI is InChI=1S/C15H18N2O4/c1-16(7-6-14(18)19)12-3-4-13-11(9-12)5-8-17(10-21-2)15(13)20/h3-5,8-9H,6-7,10H2,1-2H3,(H,18,19). The number of anilines is 1. The Kier molecular flexibility index (Phi) is 4.59. The molecule has 0 aliphatic carbocycles. The third-order valence-corrected chi connectivity index (χ3v) is 3.33. The molecule has 0 unspecified atom stereocenters. The first kappa shape index (κ1) is 15.1. The molecule has 6 nitrogen and oxygen atoms in total. The molecule has 112 valence electrons. The molecule has 1 N–H and O–H groups in total. The second-order valence-electron chi connectivity index (χ2n) is 4.85. The van der Waals surface area contributed by atoms with Crippen LogP contribution in [-0.4, -0.2) is 36.3 Å². The summed E-state index contributed by atoms with van der Waals surface area (Å²) in [7, 11) is 3.37. The number of aromatic nitrogens is 1. The Bertz CT molecular complexity index is 708. The Hall–Kier alpha value is -2.34. The van der Waals surface area contributed by atoms with Crippen molar-refractivity contribution in [2.45, 2.75) is 13.2 Å². The van der Waals surface area contributed by atoms with Crippen LogP contribution in [0.1, 0.15) is 6.42 Å². The predicted octanol–water partition coefficient (Wildman–Crippen LogP) is 1.52. The molecule has 0 radical (unpaired) electrons. The van der Waals surface area contributed by atoms with Gasteiger partial charge < -0.3 is 14.7 Å². The van der Waals surface area contributed by atoms with Crippen LogP contribution in [0.4, 0.5) is 5.69 Å². The first-order valence-electron chi connectivity index (χ1n) is 6.58. The summed E-state index contributed by atoms with van der Waals surface area (Å²) in [4.78, 5) is 24.7. The van der Waals surface area contributed by atoms with Crippen molar-refractivity contribution in [3.8, 4) is 0 Å². The highest BCUT2D eigenvalue weighted by Crippen LogP contribution is 2.19. The Morgan fingerprint density at radius 1 is 1.38 bits per heavy atom. The molecule has 0 aliphatic rings. The summed E-state index contributed by atoms with van der Waals surface area (Å²) in [6.45, 7) is 0.636. The lowest BCUT2D eigenvalue weighted by Gasteiger charge is -2.18. The number of carboxylic acid groups (broad SMARTS) is 1. The highest BCUT2D eigenvalue weighted by molar-refractivity contribution is 5.85. The molecule has 2 rings (SSSR count). The fraction of sp³-hybridized carbons (Fsp3) is 0.333. The second-order valence-corrected chi connectivity index (χ2v) is 4.85. The van der Waals surface area contributed by atoms with Crippen LogP contribution in [0.25, 0.3) is 10.8 Å². The molecule has 1 aromatic heterocycles. The Morgan fingerprint density at radius 2 is 2.14 bits per heavy atom. The van der Waals surface area contributed by atoms with Crippen LogP contribution in [-0.2, 0) is 16.3 Å². The molecular formula is C15H18N2O4. The van der Waals surface area contributed by atoms with E-state index in [-0.39, 0.29) is 18.7 Å². The maximum atomic E-state index is 12.2. The van der Waals surface area contributed by atoms with Crippen LogP contribution < -0.4 is 10.5 Å². The number of pyridine rings is 1. The van der Waals surface area contributed by atoms with Gasteiger partial charge in [0.2, 0.25) is 0 Å². The largest absolute Gasteiger partial charge is 0.481 e. The van der Waals surface area contributed by atoms with Crippen LogP contribution in [0.2, 0.25) is 0 Å². The number of fused-ring (bicyclic) bond motifs is 1. The zero-order chi connectivity index (χ0) is 15.4. The van der Waals surface area contributed by atoms with Gasteiger partial charge >= 0.3 is 5.97 Å². The molecule has 1 heterocycles. The van der Waals surface area contributed by atoms with Crippen LogP contribution in [0.15, 0.2) is 35.3 Å². The number of nitrogens with zero attached hydrogens (tertiary/aromatic N) is 2. The van der Waals surface area contributed by atoms with E-state index in [1.807, 2.05) is 30.1 Å². The van der Waals surface area contributed by atoms with Gasteiger partial charge in [0.25, 0.3) is 5.56 Å². The van der Waals surface area contributed by atoms with E-state index in [1.54, 1.807) is 12.3 Å². The fourth-order valence-electron chi connectivity index (χ4n) is 2.15. The molecule has 0 atom stereocenters. The highest BCUT2D eigenvalue weighted by Gasteiger charge is 2.07.